The minimum Gasteiger partial charge on any atom is -0.292 e. The molecule has 2 heterocycles. The first kappa shape index (κ1) is 12.1. The molecule has 1 aliphatic rings. The highest BCUT2D eigenvalue weighted by atomic mass is 32.1. The highest BCUT2D eigenvalue weighted by Gasteiger charge is 2.15. The molecule has 1 saturated heterocycles. The van der Waals surface area contributed by atoms with Gasteiger partial charge in [-0.25, -0.2) is 0 Å². The molecule has 0 N–H and O–H groups in total. The molecule has 0 saturated carbocycles. The van der Waals surface area contributed by atoms with Gasteiger partial charge in [0.05, 0.1) is 6.67 Å². The molecule has 1 aromatic heterocycles. The molecule has 0 bridgehead atoms. The molecule has 0 aliphatic carbocycles. The summed E-state index contributed by atoms with van der Waals surface area (Å²) in [5.74, 6) is 0. The maximum Gasteiger partial charge on any atom is 0.0504 e. The summed E-state index contributed by atoms with van der Waals surface area (Å²) in [5.41, 5.74) is 1.56. The third-order valence-electron chi connectivity index (χ3n) is 3.30. The van der Waals surface area contributed by atoms with Gasteiger partial charge in [-0.1, -0.05) is 0 Å². The number of thiophene rings is 1. The van der Waals surface area contributed by atoms with Crippen molar-refractivity contribution in [3.8, 4) is 0 Å². The minimum atomic E-state index is 1.15. The monoisotopic (exact) mass is 238 g/mol. The first-order valence-electron chi connectivity index (χ1n) is 6.12. The Balaban J connectivity index is 1.74. The first-order chi connectivity index (χ1) is 7.65. The van der Waals surface area contributed by atoms with E-state index in [1.807, 2.05) is 11.3 Å². The number of rotatable bonds is 4. The van der Waals surface area contributed by atoms with Crippen LogP contribution in [0.4, 0.5) is 0 Å². The van der Waals surface area contributed by atoms with Crippen molar-refractivity contribution < 1.29 is 0 Å². The zero-order chi connectivity index (χ0) is 11.5. The Kier molecular flexibility index (Phi) is 4.00. The van der Waals surface area contributed by atoms with Crippen LogP contribution in [0.25, 0.3) is 0 Å². The van der Waals surface area contributed by atoms with Crippen molar-refractivity contribution in [3.63, 3.8) is 0 Å². The largest absolute Gasteiger partial charge is 0.292 e. The van der Waals surface area contributed by atoms with Gasteiger partial charge in [0.2, 0.25) is 0 Å². The van der Waals surface area contributed by atoms with Crippen LogP contribution in [0.2, 0.25) is 0 Å². The van der Waals surface area contributed by atoms with Crippen molar-refractivity contribution in [2.45, 2.75) is 26.7 Å². The first-order valence-corrected chi connectivity index (χ1v) is 6.93. The van der Waals surface area contributed by atoms with Gasteiger partial charge in [-0.2, -0.15) is 0 Å². The molecule has 3 heteroatoms. The lowest BCUT2D eigenvalue weighted by molar-refractivity contribution is 0.272. The zero-order valence-corrected chi connectivity index (χ0v) is 11.4. The van der Waals surface area contributed by atoms with Crippen LogP contribution < -0.4 is 0 Å². The van der Waals surface area contributed by atoms with Crippen molar-refractivity contribution in [2.75, 3.05) is 33.4 Å². The molecule has 2 rings (SSSR count). The number of hydrogen-bond donors (Lipinski definition) is 0. The average molecular weight is 238 g/mol. The van der Waals surface area contributed by atoms with Crippen molar-refractivity contribution >= 4 is 11.3 Å². The van der Waals surface area contributed by atoms with Crippen LogP contribution in [-0.2, 0) is 6.42 Å². The molecular formula is C13H22N2S. The van der Waals surface area contributed by atoms with E-state index < -0.39 is 0 Å². The van der Waals surface area contributed by atoms with E-state index in [2.05, 4.69) is 36.8 Å². The fraction of sp³-hybridized carbons (Fsp3) is 0.692. The lowest BCUT2D eigenvalue weighted by Gasteiger charge is -2.14. The molecule has 90 valence electrons. The van der Waals surface area contributed by atoms with Crippen LogP contribution in [0.15, 0.2) is 6.07 Å². The van der Waals surface area contributed by atoms with E-state index in [1.165, 1.54) is 42.2 Å². The van der Waals surface area contributed by atoms with Crippen LogP contribution in [0.1, 0.15) is 21.7 Å². The third-order valence-corrected chi connectivity index (χ3v) is 4.31. The van der Waals surface area contributed by atoms with Crippen molar-refractivity contribution in [2.24, 2.45) is 0 Å². The fourth-order valence-electron chi connectivity index (χ4n) is 2.40. The van der Waals surface area contributed by atoms with E-state index in [-0.39, 0.29) is 0 Å². The summed E-state index contributed by atoms with van der Waals surface area (Å²) in [6.07, 6.45) is 2.54. The quantitative estimate of drug-likeness (QED) is 0.795. The fourth-order valence-corrected chi connectivity index (χ4v) is 3.38. The van der Waals surface area contributed by atoms with E-state index in [1.54, 1.807) is 5.56 Å². The second-order valence-electron chi connectivity index (χ2n) is 4.88. The zero-order valence-electron chi connectivity index (χ0n) is 10.6. The lowest BCUT2D eigenvalue weighted by Crippen LogP contribution is -2.24. The SMILES string of the molecule is Cc1cc(CCCN2CCN(C)C2)c(C)s1. The summed E-state index contributed by atoms with van der Waals surface area (Å²) in [6.45, 7) is 9.34. The van der Waals surface area contributed by atoms with Crippen LogP contribution in [-0.4, -0.2) is 43.2 Å². The maximum atomic E-state index is 2.55. The average Bonchev–Trinajstić information content (AvgIpc) is 2.74. The molecular weight excluding hydrogens is 216 g/mol. The molecule has 0 amide bonds. The summed E-state index contributed by atoms with van der Waals surface area (Å²) in [5, 5.41) is 0. The maximum absolute atomic E-state index is 2.55. The second kappa shape index (κ2) is 5.30. The van der Waals surface area contributed by atoms with Gasteiger partial charge >= 0.3 is 0 Å². The van der Waals surface area contributed by atoms with E-state index in [0.717, 1.165) is 6.67 Å². The molecule has 1 fully saturated rings. The van der Waals surface area contributed by atoms with Gasteiger partial charge in [-0.3, -0.25) is 9.80 Å². The molecule has 0 atom stereocenters. The number of nitrogens with zero attached hydrogens (tertiary/aromatic N) is 2. The van der Waals surface area contributed by atoms with Gasteiger partial charge < -0.3 is 0 Å². The van der Waals surface area contributed by atoms with Gasteiger partial charge in [-0.05, 0) is 51.9 Å². The van der Waals surface area contributed by atoms with E-state index in [0.29, 0.717) is 0 Å². The predicted molar refractivity (Wildman–Crippen MR) is 71.2 cm³/mol. The molecule has 0 unspecified atom stereocenters. The Morgan fingerprint density at radius 3 is 2.69 bits per heavy atom. The molecule has 0 radical (unpaired) electrons. The second-order valence-corrected chi connectivity index (χ2v) is 6.34. The Morgan fingerprint density at radius 1 is 1.31 bits per heavy atom. The van der Waals surface area contributed by atoms with Gasteiger partial charge in [0.25, 0.3) is 0 Å². The summed E-state index contributed by atoms with van der Waals surface area (Å²) in [4.78, 5) is 7.90. The number of likely N-dealkylation sites (N-methyl/N-ethyl adjacent to an activating group) is 1. The van der Waals surface area contributed by atoms with Gasteiger partial charge in [0, 0.05) is 22.8 Å². The summed E-state index contributed by atoms with van der Waals surface area (Å²) in [7, 11) is 2.20. The molecule has 0 spiro atoms. The standard InChI is InChI=1S/C13H22N2S/c1-11-9-13(12(2)16-11)5-4-6-15-8-7-14(3)10-15/h9H,4-8,10H2,1-3H3. The van der Waals surface area contributed by atoms with Crippen LogP contribution in [0.3, 0.4) is 0 Å². The Morgan fingerprint density at radius 2 is 2.12 bits per heavy atom. The minimum absolute atomic E-state index is 1.15. The topological polar surface area (TPSA) is 6.48 Å². The van der Waals surface area contributed by atoms with E-state index >= 15 is 0 Å². The van der Waals surface area contributed by atoms with E-state index in [4.69, 9.17) is 0 Å². The van der Waals surface area contributed by atoms with Crippen LogP contribution in [0.5, 0.6) is 0 Å². The van der Waals surface area contributed by atoms with Gasteiger partial charge in [-0.15, -0.1) is 11.3 Å². The normalized spacial score (nSPS) is 18.4. The molecule has 1 aromatic rings. The lowest BCUT2D eigenvalue weighted by atomic mass is 10.1. The van der Waals surface area contributed by atoms with Gasteiger partial charge in [0.15, 0.2) is 0 Å². The third kappa shape index (κ3) is 3.06. The summed E-state index contributed by atoms with van der Waals surface area (Å²) >= 11 is 1.93. The van der Waals surface area contributed by atoms with E-state index in [9.17, 15) is 0 Å². The molecule has 2 nitrogen and oxygen atoms in total. The highest BCUT2D eigenvalue weighted by molar-refractivity contribution is 7.12. The molecule has 1 aliphatic heterocycles. The van der Waals surface area contributed by atoms with Crippen molar-refractivity contribution in [1.29, 1.82) is 0 Å². The Hall–Kier alpha value is -0.380. The Bertz CT molecular complexity index is 346. The van der Waals surface area contributed by atoms with Gasteiger partial charge in [0.1, 0.15) is 0 Å². The van der Waals surface area contributed by atoms with Crippen molar-refractivity contribution in [3.05, 3.63) is 21.4 Å². The predicted octanol–water partition coefficient (Wildman–Crippen LogP) is 2.50. The van der Waals surface area contributed by atoms with Crippen LogP contribution in [0, 0.1) is 13.8 Å². The summed E-state index contributed by atoms with van der Waals surface area (Å²) < 4.78 is 0. The molecule has 16 heavy (non-hydrogen) atoms. The summed E-state index contributed by atoms with van der Waals surface area (Å²) in [6, 6.07) is 2.36. The van der Waals surface area contributed by atoms with Crippen LogP contribution >= 0.6 is 11.3 Å². The highest BCUT2D eigenvalue weighted by Crippen LogP contribution is 2.21. The number of aryl methyl sites for hydroxylation is 3. The Labute approximate surface area is 103 Å². The van der Waals surface area contributed by atoms with Crippen molar-refractivity contribution in [1.82, 2.24) is 9.80 Å². The smallest absolute Gasteiger partial charge is 0.0504 e. The number of hydrogen-bond acceptors (Lipinski definition) is 3. The molecule has 0 aromatic carbocycles.